The summed E-state index contributed by atoms with van der Waals surface area (Å²) in [6.07, 6.45) is 0. The molecule has 0 radical (unpaired) electrons. The van der Waals surface area contributed by atoms with Crippen molar-refractivity contribution in [2.24, 2.45) is 0 Å². The van der Waals surface area contributed by atoms with E-state index in [9.17, 15) is 0 Å². The van der Waals surface area contributed by atoms with E-state index in [1.807, 2.05) is 18.7 Å². The van der Waals surface area contributed by atoms with Crippen LogP contribution in [-0.2, 0) is 0 Å². The fourth-order valence-electron chi connectivity index (χ4n) is 1.24. The van der Waals surface area contributed by atoms with Gasteiger partial charge in [0.1, 0.15) is 5.75 Å². The first-order valence-corrected chi connectivity index (χ1v) is 5.91. The molecule has 0 bridgehead atoms. The highest BCUT2D eigenvalue weighted by molar-refractivity contribution is 8.00. The molecule has 0 aromatic heterocycles. The van der Waals surface area contributed by atoms with Gasteiger partial charge in [0.2, 0.25) is 0 Å². The van der Waals surface area contributed by atoms with Crippen LogP contribution >= 0.6 is 11.8 Å². The summed E-state index contributed by atoms with van der Waals surface area (Å²) in [6, 6.07) is 6.34. The van der Waals surface area contributed by atoms with Crippen LogP contribution in [0.2, 0.25) is 0 Å². The van der Waals surface area contributed by atoms with E-state index in [0.29, 0.717) is 5.25 Å². The van der Waals surface area contributed by atoms with Crippen LogP contribution in [0.25, 0.3) is 0 Å². The molecule has 0 spiro atoms. The van der Waals surface area contributed by atoms with E-state index >= 15 is 0 Å². The summed E-state index contributed by atoms with van der Waals surface area (Å²) in [6.45, 7) is 9.25. The maximum atomic E-state index is 5.57. The van der Waals surface area contributed by atoms with Crippen molar-refractivity contribution >= 4 is 11.8 Å². The zero-order valence-electron chi connectivity index (χ0n) is 9.33. The molecule has 0 amide bonds. The van der Waals surface area contributed by atoms with Crippen molar-refractivity contribution in [3.05, 3.63) is 23.8 Å². The quantitative estimate of drug-likeness (QED) is 0.697. The minimum atomic E-state index is 0.594. The van der Waals surface area contributed by atoms with Gasteiger partial charge in [-0.25, -0.2) is 0 Å². The Morgan fingerprint density at radius 3 is 2.64 bits per heavy atom. The normalized spacial score (nSPS) is 10.6. The molecule has 0 heterocycles. The lowest BCUT2D eigenvalue weighted by Gasteiger charge is -2.12. The van der Waals surface area contributed by atoms with Crippen molar-refractivity contribution in [1.82, 2.24) is 0 Å². The van der Waals surface area contributed by atoms with Crippen LogP contribution < -0.4 is 4.74 Å². The van der Waals surface area contributed by atoms with Crippen LogP contribution in [-0.4, -0.2) is 11.9 Å². The molecule has 1 rings (SSSR count). The first-order chi connectivity index (χ1) is 6.63. The summed E-state index contributed by atoms with van der Waals surface area (Å²) in [5.41, 5.74) is 1.29. The van der Waals surface area contributed by atoms with Gasteiger partial charge in [-0.15, -0.1) is 11.8 Å². The first kappa shape index (κ1) is 11.4. The van der Waals surface area contributed by atoms with E-state index in [1.54, 1.807) is 0 Å². The lowest BCUT2D eigenvalue weighted by Crippen LogP contribution is -1.95. The van der Waals surface area contributed by atoms with Gasteiger partial charge >= 0.3 is 0 Å². The molecule has 0 atom stereocenters. The van der Waals surface area contributed by atoms with Crippen LogP contribution in [0.3, 0.4) is 0 Å². The second-order valence-electron chi connectivity index (χ2n) is 3.55. The summed E-state index contributed by atoms with van der Waals surface area (Å²) >= 11 is 1.85. The van der Waals surface area contributed by atoms with Gasteiger partial charge in [-0.2, -0.15) is 0 Å². The average Bonchev–Trinajstić information content (AvgIpc) is 2.09. The Hall–Kier alpha value is -0.630. The molecular weight excluding hydrogens is 192 g/mol. The van der Waals surface area contributed by atoms with Gasteiger partial charge < -0.3 is 4.74 Å². The van der Waals surface area contributed by atoms with E-state index < -0.39 is 0 Å². The minimum absolute atomic E-state index is 0.594. The van der Waals surface area contributed by atoms with Crippen molar-refractivity contribution in [1.29, 1.82) is 0 Å². The third kappa shape index (κ3) is 3.26. The Morgan fingerprint density at radius 2 is 2.07 bits per heavy atom. The molecule has 0 unspecified atom stereocenters. The SMILES string of the molecule is CCOc1ccc(C)cc1SC(C)C. The highest BCUT2D eigenvalue weighted by Crippen LogP contribution is 2.32. The first-order valence-electron chi connectivity index (χ1n) is 5.03. The van der Waals surface area contributed by atoms with Crippen LogP contribution in [0.15, 0.2) is 23.1 Å². The minimum Gasteiger partial charge on any atom is -0.493 e. The second kappa shape index (κ2) is 5.30. The fourth-order valence-corrected chi connectivity index (χ4v) is 2.24. The molecule has 1 aromatic carbocycles. The van der Waals surface area contributed by atoms with Crippen LogP contribution in [0.4, 0.5) is 0 Å². The van der Waals surface area contributed by atoms with Crippen molar-refractivity contribution < 1.29 is 4.74 Å². The number of hydrogen-bond donors (Lipinski definition) is 0. The van der Waals surface area contributed by atoms with Gasteiger partial charge in [0.15, 0.2) is 0 Å². The Kier molecular flexibility index (Phi) is 4.33. The summed E-state index contributed by atoms with van der Waals surface area (Å²) in [4.78, 5) is 1.25. The fraction of sp³-hybridized carbons (Fsp3) is 0.500. The molecule has 2 heteroatoms. The predicted octanol–water partition coefficient (Wildman–Crippen LogP) is 3.89. The number of thioether (sulfide) groups is 1. The van der Waals surface area contributed by atoms with Gasteiger partial charge in [0, 0.05) is 10.1 Å². The van der Waals surface area contributed by atoms with E-state index in [2.05, 4.69) is 39.0 Å². The zero-order valence-corrected chi connectivity index (χ0v) is 10.1. The van der Waals surface area contributed by atoms with E-state index in [0.717, 1.165) is 12.4 Å². The summed E-state index contributed by atoms with van der Waals surface area (Å²) in [5, 5.41) is 0.594. The van der Waals surface area contributed by atoms with Gasteiger partial charge in [0.25, 0.3) is 0 Å². The predicted molar refractivity (Wildman–Crippen MR) is 63.3 cm³/mol. The van der Waals surface area contributed by atoms with E-state index in [-0.39, 0.29) is 0 Å². The van der Waals surface area contributed by atoms with Crippen molar-refractivity contribution in [2.75, 3.05) is 6.61 Å². The highest BCUT2D eigenvalue weighted by atomic mass is 32.2. The van der Waals surface area contributed by atoms with Crippen LogP contribution in [0.1, 0.15) is 26.3 Å². The molecule has 1 aromatic rings. The number of rotatable bonds is 4. The standard InChI is InChI=1S/C12H18OS/c1-5-13-11-7-6-10(4)8-12(11)14-9(2)3/h6-9H,5H2,1-4H3. The van der Waals surface area contributed by atoms with E-state index in [1.165, 1.54) is 10.5 Å². The number of hydrogen-bond acceptors (Lipinski definition) is 2. The molecule has 14 heavy (non-hydrogen) atoms. The molecular formula is C12H18OS. The lowest BCUT2D eigenvalue weighted by molar-refractivity contribution is 0.332. The number of ether oxygens (including phenoxy) is 1. The summed E-state index contributed by atoms with van der Waals surface area (Å²) < 4.78 is 5.57. The molecule has 0 aliphatic carbocycles. The molecule has 0 fully saturated rings. The number of benzene rings is 1. The largest absolute Gasteiger partial charge is 0.493 e. The van der Waals surface area contributed by atoms with Gasteiger partial charge in [0.05, 0.1) is 6.61 Å². The monoisotopic (exact) mass is 210 g/mol. The van der Waals surface area contributed by atoms with Crippen LogP contribution in [0, 0.1) is 6.92 Å². The number of aryl methyl sites for hydroxylation is 1. The molecule has 0 aliphatic rings. The summed E-state index contributed by atoms with van der Waals surface area (Å²) in [5.74, 6) is 1.01. The maximum Gasteiger partial charge on any atom is 0.132 e. The highest BCUT2D eigenvalue weighted by Gasteiger charge is 2.06. The van der Waals surface area contributed by atoms with Gasteiger partial charge in [-0.05, 0) is 31.5 Å². The second-order valence-corrected chi connectivity index (χ2v) is 5.17. The molecule has 1 nitrogen and oxygen atoms in total. The Morgan fingerprint density at radius 1 is 1.36 bits per heavy atom. The molecule has 0 saturated carbocycles. The Labute approximate surface area is 90.9 Å². The van der Waals surface area contributed by atoms with Crippen molar-refractivity contribution in [3.8, 4) is 5.75 Å². The smallest absolute Gasteiger partial charge is 0.132 e. The maximum absolute atomic E-state index is 5.57. The molecule has 78 valence electrons. The van der Waals surface area contributed by atoms with Crippen LogP contribution in [0.5, 0.6) is 5.75 Å². The Balaban J connectivity index is 2.90. The third-order valence-electron chi connectivity index (χ3n) is 1.76. The van der Waals surface area contributed by atoms with Gasteiger partial charge in [-0.3, -0.25) is 0 Å². The van der Waals surface area contributed by atoms with E-state index in [4.69, 9.17) is 4.74 Å². The average molecular weight is 210 g/mol. The lowest BCUT2D eigenvalue weighted by atomic mass is 10.2. The van der Waals surface area contributed by atoms with Crippen molar-refractivity contribution in [2.45, 2.75) is 37.8 Å². The topological polar surface area (TPSA) is 9.23 Å². The Bertz CT molecular complexity index is 294. The summed E-state index contributed by atoms with van der Waals surface area (Å²) in [7, 11) is 0. The molecule has 0 saturated heterocycles. The van der Waals surface area contributed by atoms with Gasteiger partial charge in [-0.1, -0.05) is 19.9 Å². The zero-order chi connectivity index (χ0) is 10.6. The molecule has 0 aliphatic heterocycles. The molecule has 0 N–H and O–H groups in total. The third-order valence-corrected chi connectivity index (χ3v) is 2.81. The van der Waals surface area contributed by atoms with Crippen molar-refractivity contribution in [3.63, 3.8) is 0 Å².